The Labute approximate surface area is 110 Å². The molecule has 1 aliphatic rings. The van der Waals surface area contributed by atoms with Gasteiger partial charge in [0.15, 0.2) is 0 Å². The molecule has 0 aromatic carbocycles. The third-order valence-corrected chi connectivity index (χ3v) is 3.59. The maximum atomic E-state index is 11.1. The normalized spacial score (nSPS) is 22.8. The van der Waals surface area contributed by atoms with Crippen molar-refractivity contribution < 1.29 is 9.90 Å². The summed E-state index contributed by atoms with van der Waals surface area (Å²) in [5.41, 5.74) is 0.355. The van der Waals surface area contributed by atoms with Gasteiger partial charge in [0.05, 0.1) is 11.5 Å². The third-order valence-electron chi connectivity index (χ3n) is 3.22. The van der Waals surface area contributed by atoms with Gasteiger partial charge in [-0.15, -0.1) is 0 Å². The molecule has 0 saturated carbocycles. The van der Waals surface area contributed by atoms with Crippen LogP contribution in [0.2, 0.25) is 5.02 Å². The Kier molecular flexibility index (Phi) is 3.39. The minimum Gasteiger partial charge on any atom is -0.481 e. The van der Waals surface area contributed by atoms with Gasteiger partial charge in [-0.3, -0.25) is 4.79 Å². The highest BCUT2D eigenvalue weighted by Crippen LogP contribution is 2.32. The molecule has 1 N–H and O–H groups in total. The number of pyridine rings is 1. The number of carboxylic acid groups (broad SMARTS) is 1. The Hall–Kier alpha value is -1.80. The molecular weight excluding hydrogens is 254 g/mol. The van der Waals surface area contributed by atoms with Crippen molar-refractivity contribution in [3.63, 3.8) is 0 Å². The smallest absolute Gasteiger partial charge is 0.308 e. The Balaban J connectivity index is 2.30. The lowest BCUT2D eigenvalue weighted by Gasteiger charge is -2.18. The van der Waals surface area contributed by atoms with Crippen LogP contribution >= 0.6 is 11.6 Å². The van der Waals surface area contributed by atoms with Crippen LogP contribution in [-0.4, -0.2) is 29.1 Å². The van der Waals surface area contributed by atoms with E-state index in [-0.39, 0.29) is 5.92 Å². The number of hydrogen-bond donors (Lipinski definition) is 1. The van der Waals surface area contributed by atoms with Crippen LogP contribution in [0.5, 0.6) is 0 Å². The number of aromatic nitrogens is 1. The van der Waals surface area contributed by atoms with Crippen LogP contribution in [0.1, 0.15) is 12.5 Å². The van der Waals surface area contributed by atoms with E-state index in [0.717, 1.165) is 0 Å². The fourth-order valence-electron chi connectivity index (χ4n) is 2.20. The molecule has 2 atom stereocenters. The summed E-state index contributed by atoms with van der Waals surface area (Å²) in [5.74, 6) is -0.705. The van der Waals surface area contributed by atoms with Gasteiger partial charge in [0.2, 0.25) is 0 Å². The molecule has 0 radical (unpaired) electrons. The van der Waals surface area contributed by atoms with Crippen LogP contribution in [0.3, 0.4) is 0 Å². The maximum absolute atomic E-state index is 11.1. The highest BCUT2D eigenvalue weighted by Gasteiger charge is 2.36. The van der Waals surface area contributed by atoms with Crippen molar-refractivity contribution >= 4 is 23.4 Å². The molecule has 1 aromatic rings. The molecule has 1 aliphatic heterocycles. The summed E-state index contributed by atoms with van der Waals surface area (Å²) in [6, 6.07) is 3.53. The van der Waals surface area contributed by atoms with Gasteiger partial charge in [-0.2, -0.15) is 5.26 Å². The molecule has 1 fully saturated rings. The number of carboxylic acids is 1. The van der Waals surface area contributed by atoms with Gasteiger partial charge < -0.3 is 10.0 Å². The first-order valence-corrected chi connectivity index (χ1v) is 5.94. The Morgan fingerprint density at radius 1 is 1.67 bits per heavy atom. The van der Waals surface area contributed by atoms with Crippen LogP contribution in [0.25, 0.3) is 0 Å². The van der Waals surface area contributed by atoms with E-state index < -0.39 is 11.9 Å². The van der Waals surface area contributed by atoms with E-state index in [1.807, 2.05) is 17.9 Å². The minimum absolute atomic E-state index is 0.0334. The van der Waals surface area contributed by atoms with Crippen molar-refractivity contribution in [2.75, 3.05) is 18.0 Å². The average Bonchev–Trinajstić information content (AvgIpc) is 2.71. The molecule has 0 aliphatic carbocycles. The van der Waals surface area contributed by atoms with E-state index in [2.05, 4.69) is 4.98 Å². The molecule has 1 saturated heterocycles. The number of aliphatic carboxylic acids is 1. The lowest BCUT2D eigenvalue weighted by Crippen LogP contribution is -2.24. The fraction of sp³-hybridized carbons (Fsp3) is 0.417. The standard InChI is InChI=1S/C12H12ClN3O2/c1-7-5-16(6-9(7)12(17)18)11-10(13)8(4-14)2-3-15-11/h2-3,7,9H,5-6H2,1H3,(H,17,18)/t7-,9-/m1/s1. The van der Waals surface area contributed by atoms with Crippen LogP contribution in [-0.2, 0) is 4.79 Å². The SMILES string of the molecule is C[C@@H]1CN(c2nccc(C#N)c2Cl)C[C@H]1C(=O)O. The zero-order valence-electron chi connectivity index (χ0n) is 9.80. The van der Waals surface area contributed by atoms with Crippen LogP contribution in [0.4, 0.5) is 5.82 Å². The highest BCUT2D eigenvalue weighted by molar-refractivity contribution is 6.34. The van der Waals surface area contributed by atoms with E-state index in [1.54, 1.807) is 6.07 Å². The third kappa shape index (κ3) is 2.12. The lowest BCUT2D eigenvalue weighted by molar-refractivity contribution is -0.142. The Morgan fingerprint density at radius 2 is 2.39 bits per heavy atom. The summed E-state index contributed by atoms with van der Waals surface area (Å²) in [4.78, 5) is 17.0. The van der Waals surface area contributed by atoms with Crippen LogP contribution < -0.4 is 4.90 Å². The number of carbonyl (C=O) groups is 1. The largest absolute Gasteiger partial charge is 0.481 e. The van der Waals surface area contributed by atoms with Crippen LogP contribution in [0.15, 0.2) is 12.3 Å². The zero-order valence-corrected chi connectivity index (χ0v) is 10.6. The number of hydrogen-bond acceptors (Lipinski definition) is 4. The van der Waals surface area contributed by atoms with Crippen molar-refractivity contribution in [2.24, 2.45) is 11.8 Å². The number of nitrogens with zero attached hydrogens (tertiary/aromatic N) is 3. The maximum Gasteiger partial charge on any atom is 0.308 e. The zero-order chi connectivity index (χ0) is 13.3. The summed E-state index contributed by atoms with van der Waals surface area (Å²) in [6.07, 6.45) is 1.51. The molecule has 94 valence electrons. The lowest BCUT2D eigenvalue weighted by atomic mass is 9.99. The number of nitriles is 1. The molecule has 0 bridgehead atoms. The van der Waals surface area contributed by atoms with Crippen molar-refractivity contribution in [2.45, 2.75) is 6.92 Å². The minimum atomic E-state index is -0.808. The second kappa shape index (κ2) is 4.83. The van der Waals surface area contributed by atoms with E-state index in [9.17, 15) is 4.79 Å². The van der Waals surface area contributed by atoms with E-state index >= 15 is 0 Å². The molecular formula is C12H12ClN3O2. The van der Waals surface area contributed by atoms with E-state index in [1.165, 1.54) is 6.20 Å². The van der Waals surface area contributed by atoms with Crippen molar-refractivity contribution in [1.29, 1.82) is 5.26 Å². The van der Waals surface area contributed by atoms with E-state index in [4.69, 9.17) is 22.0 Å². The molecule has 2 rings (SSSR count). The summed E-state index contributed by atoms with van der Waals surface area (Å²) < 4.78 is 0. The molecule has 5 nitrogen and oxygen atoms in total. The number of anilines is 1. The summed E-state index contributed by atoms with van der Waals surface area (Å²) in [5, 5.41) is 18.3. The predicted molar refractivity (Wildman–Crippen MR) is 66.5 cm³/mol. The van der Waals surface area contributed by atoms with Gasteiger partial charge in [0, 0.05) is 19.3 Å². The van der Waals surface area contributed by atoms with Gasteiger partial charge in [-0.25, -0.2) is 4.98 Å². The molecule has 18 heavy (non-hydrogen) atoms. The topological polar surface area (TPSA) is 77.2 Å². The van der Waals surface area contributed by atoms with Gasteiger partial charge in [0.1, 0.15) is 16.9 Å². The molecule has 1 aromatic heterocycles. The summed E-state index contributed by atoms with van der Waals surface area (Å²) >= 11 is 6.09. The van der Waals surface area contributed by atoms with Crippen LogP contribution in [0, 0.1) is 23.2 Å². The first-order chi connectivity index (χ1) is 8.54. The monoisotopic (exact) mass is 265 g/mol. The number of halogens is 1. The summed E-state index contributed by atoms with van der Waals surface area (Å²) in [6.45, 7) is 2.84. The van der Waals surface area contributed by atoms with Gasteiger partial charge in [-0.1, -0.05) is 18.5 Å². The quantitative estimate of drug-likeness (QED) is 0.882. The average molecular weight is 266 g/mol. The summed E-state index contributed by atoms with van der Waals surface area (Å²) in [7, 11) is 0. The van der Waals surface area contributed by atoms with Crippen molar-refractivity contribution in [3.8, 4) is 6.07 Å². The molecule has 0 spiro atoms. The molecule has 6 heteroatoms. The second-order valence-electron chi connectivity index (χ2n) is 4.43. The predicted octanol–water partition coefficient (Wildman–Crippen LogP) is 1.76. The molecule has 0 unspecified atom stereocenters. The van der Waals surface area contributed by atoms with Gasteiger partial charge in [0.25, 0.3) is 0 Å². The first-order valence-electron chi connectivity index (χ1n) is 5.57. The van der Waals surface area contributed by atoms with Gasteiger partial charge >= 0.3 is 5.97 Å². The first kappa shape index (κ1) is 12.7. The molecule has 2 heterocycles. The fourth-order valence-corrected chi connectivity index (χ4v) is 2.47. The second-order valence-corrected chi connectivity index (χ2v) is 4.81. The van der Waals surface area contributed by atoms with Crippen molar-refractivity contribution in [3.05, 3.63) is 22.8 Å². The number of rotatable bonds is 2. The highest BCUT2D eigenvalue weighted by atomic mass is 35.5. The Bertz CT molecular complexity index is 527. The van der Waals surface area contributed by atoms with Gasteiger partial charge in [-0.05, 0) is 12.0 Å². The molecule has 0 amide bonds. The van der Waals surface area contributed by atoms with Crippen molar-refractivity contribution in [1.82, 2.24) is 4.98 Å². The Morgan fingerprint density at radius 3 is 2.94 bits per heavy atom. The van der Waals surface area contributed by atoms with E-state index in [0.29, 0.717) is 29.5 Å².